The largest absolute Gasteiger partial charge is 0.324 e. The van der Waals surface area contributed by atoms with Crippen molar-refractivity contribution in [3.05, 3.63) is 66.0 Å². The maximum Gasteiger partial charge on any atom is 0.237 e. The van der Waals surface area contributed by atoms with Gasteiger partial charge < -0.3 is 14.8 Å². The molecule has 182 valence electrons. The number of rotatable bonds is 7. The van der Waals surface area contributed by atoms with Crippen molar-refractivity contribution in [1.29, 1.82) is 0 Å². The molecule has 0 bridgehead atoms. The first-order chi connectivity index (χ1) is 17.1. The third kappa shape index (κ3) is 5.41. The van der Waals surface area contributed by atoms with E-state index in [9.17, 15) is 9.59 Å². The van der Waals surface area contributed by atoms with Gasteiger partial charge in [-0.1, -0.05) is 54.2 Å². The summed E-state index contributed by atoms with van der Waals surface area (Å²) >= 11 is 1.41. The number of carbonyl (C=O) groups is 2. The molecule has 2 amide bonds. The van der Waals surface area contributed by atoms with E-state index in [1.165, 1.54) is 30.2 Å². The molecule has 8 nitrogen and oxygen atoms in total. The molecule has 9 heteroatoms. The Kier molecular flexibility index (Phi) is 7.15. The highest BCUT2D eigenvalue weighted by Gasteiger charge is 2.30. The maximum atomic E-state index is 13.5. The zero-order chi connectivity index (χ0) is 24.2. The van der Waals surface area contributed by atoms with Gasteiger partial charge in [-0.2, -0.15) is 0 Å². The van der Waals surface area contributed by atoms with Crippen molar-refractivity contribution in [1.82, 2.24) is 19.7 Å². The second-order valence-corrected chi connectivity index (χ2v) is 10.1. The molecule has 2 aromatic carbocycles. The van der Waals surface area contributed by atoms with Gasteiger partial charge in [0.25, 0.3) is 0 Å². The van der Waals surface area contributed by atoms with Crippen LogP contribution in [0.1, 0.15) is 37.6 Å². The van der Waals surface area contributed by atoms with E-state index in [4.69, 9.17) is 0 Å². The van der Waals surface area contributed by atoms with Gasteiger partial charge in [0.2, 0.25) is 11.8 Å². The number of anilines is 2. The molecular weight excluding hydrogens is 460 g/mol. The first-order valence-electron chi connectivity index (χ1n) is 12.1. The van der Waals surface area contributed by atoms with Gasteiger partial charge in [0, 0.05) is 12.5 Å². The fourth-order valence-corrected chi connectivity index (χ4v) is 5.59. The number of hydrogen-bond acceptors (Lipinski definition) is 6. The second kappa shape index (κ2) is 10.6. The summed E-state index contributed by atoms with van der Waals surface area (Å²) in [5.41, 5.74) is 2.57. The lowest BCUT2D eigenvalue weighted by Gasteiger charge is -2.27. The van der Waals surface area contributed by atoms with Crippen LogP contribution in [0, 0.1) is 0 Å². The van der Waals surface area contributed by atoms with E-state index in [1.54, 1.807) is 4.90 Å². The van der Waals surface area contributed by atoms with Gasteiger partial charge in [-0.05, 0) is 50.6 Å². The SMILES string of the molecule is C[C@H]1CC(=O)Nc2ccccc2N1C(=O)CSc1nnc(CN2CCCC2)n1Cc1ccccc1. The quantitative estimate of drug-likeness (QED) is 0.508. The minimum absolute atomic E-state index is 0.0539. The van der Waals surface area contributed by atoms with E-state index >= 15 is 0 Å². The molecule has 1 aromatic heterocycles. The second-order valence-electron chi connectivity index (χ2n) is 9.12. The van der Waals surface area contributed by atoms with Crippen molar-refractivity contribution in [3.8, 4) is 0 Å². The van der Waals surface area contributed by atoms with Crippen LogP contribution in [0.3, 0.4) is 0 Å². The molecule has 1 fully saturated rings. The Morgan fingerprint density at radius 2 is 1.77 bits per heavy atom. The number of nitrogens with one attached hydrogen (secondary N) is 1. The number of thioether (sulfide) groups is 1. The van der Waals surface area contributed by atoms with Crippen molar-refractivity contribution in [3.63, 3.8) is 0 Å². The molecule has 1 N–H and O–H groups in total. The predicted octanol–water partition coefficient (Wildman–Crippen LogP) is 3.78. The zero-order valence-electron chi connectivity index (χ0n) is 19.9. The van der Waals surface area contributed by atoms with Crippen molar-refractivity contribution in [2.75, 3.05) is 29.1 Å². The van der Waals surface area contributed by atoms with Gasteiger partial charge in [0.1, 0.15) is 5.82 Å². The minimum Gasteiger partial charge on any atom is -0.324 e. The molecule has 2 aliphatic heterocycles. The number of para-hydroxylation sites is 2. The normalized spacial score (nSPS) is 18.3. The number of carbonyl (C=O) groups excluding carboxylic acids is 2. The van der Waals surface area contributed by atoms with Gasteiger partial charge in [-0.3, -0.25) is 14.5 Å². The van der Waals surface area contributed by atoms with Crippen LogP contribution in [0.2, 0.25) is 0 Å². The molecule has 3 heterocycles. The lowest BCUT2D eigenvalue weighted by atomic mass is 10.2. The van der Waals surface area contributed by atoms with Gasteiger partial charge >= 0.3 is 0 Å². The van der Waals surface area contributed by atoms with Gasteiger partial charge in [-0.15, -0.1) is 10.2 Å². The molecule has 0 spiro atoms. The predicted molar refractivity (Wildman–Crippen MR) is 137 cm³/mol. The number of nitrogens with zero attached hydrogens (tertiary/aromatic N) is 5. The van der Waals surface area contributed by atoms with E-state index in [-0.39, 0.29) is 30.0 Å². The van der Waals surface area contributed by atoms with Gasteiger partial charge in [0.05, 0.1) is 30.2 Å². The summed E-state index contributed by atoms with van der Waals surface area (Å²) in [6, 6.07) is 17.5. The third-order valence-corrected chi connectivity index (χ3v) is 7.44. The standard InChI is InChI=1S/C26H30N6O2S/c1-19-15-24(33)27-21-11-5-6-12-22(21)32(19)25(34)18-35-26-29-28-23(17-30-13-7-8-14-30)31(26)16-20-9-3-2-4-10-20/h2-6,9-12,19H,7-8,13-18H2,1H3,(H,27,33)/t19-/m0/s1. The summed E-state index contributed by atoms with van der Waals surface area (Å²) in [7, 11) is 0. The topological polar surface area (TPSA) is 83.4 Å². The Balaban J connectivity index is 1.36. The number of amides is 2. The van der Waals surface area contributed by atoms with Crippen LogP contribution in [-0.4, -0.2) is 56.4 Å². The highest BCUT2D eigenvalue weighted by molar-refractivity contribution is 7.99. The van der Waals surface area contributed by atoms with Crippen molar-refractivity contribution >= 4 is 35.0 Å². The highest BCUT2D eigenvalue weighted by Crippen LogP contribution is 2.32. The van der Waals surface area contributed by atoms with E-state index in [0.717, 1.165) is 36.3 Å². The van der Waals surface area contributed by atoms with Crippen LogP contribution in [0.4, 0.5) is 11.4 Å². The smallest absolute Gasteiger partial charge is 0.237 e. The summed E-state index contributed by atoms with van der Waals surface area (Å²) in [4.78, 5) is 29.9. The molecule has 0 radical (unpaired) electrons. The maximum absolute atomic E-state index is 13.5. The molecule has 0 saturated carbocycles. The van der Waals surface area contributed by atoms with Crippen LogP contribution >= 0.6 is 11.8 Å². The summed E-state index contributed by atoms with van der Waals surface area (Å²) in [6.07, 6.45) is 2.70. The van der Waals surface area contributed by atoms with Crippen LogP contribution in [0.15, 0.2) is 59.8 Å². The van der Waals surface area contributed by atoms with E-state index in [2.05, 4.69) is 37.1 Å². The van der Waals surface area contributed by atoms with Crippen molar-refractivity contribution < 1.29 is 9.59 Å². The molecule has 1 saturated heterocycles. The highest BCUT2D eigenvalue weighted by atomic mass is 32.2. The first-order valence-corrected chi connectivity index (χ1v) is 13.1. The summed E-state index contributed by atoms with van der Waals surface area (Å²) < 4.78 is 2.14. The van der Waals surface area contributed by atoms with Crippen molar-refractivity contribution in [2.45, 2.75) is 50.5 Å². The van der Waals surface area contributed by atoms with Gasteiger partial charge in [-0.25, -0.2) is 0 Å². The third-order valence-electron chi connectivity index (χ3n) is 6.49. The van der Waals surface area contributed by atoms with Crippen LogP contribution < -0.4 is 10.2 Å². The molecule has 5 rings (SSSR count). The molecule has 3 aromatic rings. The fourth-order valence-electron chi connectivity index (χ4n) is 4.77. The number of hydrogen-bond donors (Lipinski definition) is 1. The van der Waals surface area contributed by atoms with Gasteiger partial charge in [0.15, 0.2) is 5.16 Å². The summed E-state index contributed by atoms with van der Waals surface area (Å²) in [6.45, 7) is 5.50. The molecule has 1 atom stereocenters. The Hall–Kier alpha value is -3.17. The van der Waals surface area contributed by atoms with Crippen LogP contribution in [0.5, 0.6) is 0 Å². The monoisotopic (exact) mass is 490 g/mol. The van der Waals surface area contributed by atoms with E-state index in [1.807, 2.05) is 49.4 Å². The molecule has 2 aliphatic rings. The van der Waals surface area contributed by atoms with E-state index in [0.29, 0.717) is 12.2 Å². The summed E-state index contributed by atoms with van der Waals surface area (Å²) in [5, 5.41) is 12.6. The summed E-state index contributed by atoms with van der Waals surface area (Å²) in [5.74, 6) is 1.00. The van der Waals surface area contributed by atoms with Crippen LogP contribution in [-0.2, 0) is 22.7 Å². The fraction of sp³-hybridized carbons (Fsp3) is 0.385. The van der Waals surface area contributed by atoms with Crippen molar-refractivity contribution in [2.24, 2.45) is 0 Å². The number of benzene rings is 2. The zero-order valence-corrected chi connectivity index (χ0v) is 20.7. The van der Waals surface area contributed by atoms with Crippen LogP contribution in [0.25, 0.3) is 0 Å². The average molecular weight is 491 g/mol. The average Bonchev–Trinajstić information content (AvgIpc) is 3.47. The number of aromatic nitrogens is 3. The molecule has 35 heavy (non-hydrogen) atoms. The minimum atomic E-state index is -0.236. The Labute approximate surface area is 209 Å². The molecular formula is C26H30N6O2S. The Morgan fingerprint density at radius 3 is 2.57 bits per heavy atom. The molecule has 0 aliphatic carbocycles. The van der Waals surface area contributed by atoms with E-state index < -0.39 is 0 Å². The first kappa shape index (κ1) is 23.6. The number of fused-ring (bicyclic) bond motifs is 1. The lowest BCUT2D eigenvalue weighted by Crippen LogP contribution is -2.40. The molecule has 0 unspecified atom stereocenters. The Bertz CT molecular complexity index is 1190. The Morgan fingerprint density at radius 1 is 1.03 bits per heavy atom. The number of likely N-dealkylation sites (tertiary alicyclic amines) is 1. The lowest BCUT2D eigenvalue weighted by molar-refractivity contribution is -0.117.